The highest BCUT2D eigenvalue weighted by atomic mass is 127. The molecule has 8 heteroatoms. The van der Waals surface area contributed by atoms with Gasteiger partial charge in [-0.2, -0.15) is 0 Å². The maximum Gasteiger partial charge on any atom is 0.194 e. The minimum absolute atomic E-state index is 0. The van der Waals surface area contributed by atoms with Crippen molar-refractivity contribution in [2.75, 3.05) is 26.7 Å². The van der Waals surface area contributed by atoms with E-state index in [2.05, 4.69) is 20.7 Å². The standard InChI is InChI=1S/C17H23FN4OS.HI/c1-4-19-17(22(3)11-15-12-24-13(2)21-15)20-8-9-23-16-7-5-6-14(18)10-16;/h5-7,10,12H,4,8-9,11H2,1-3H3,(H,19,20);1H. The van der Waals surface area contributed by atoms with Gasteiger partial charge >= 0.3 is 0 Å². The molecule has 0 spiro atoms. The van der Waals surface area contributed by atoms with Gasteiger partial charge in [0.05, 0.1) is 23.8 Å². The lowest BCUT2D eigenvalue weighted by Crippen LogP contribution is -2.38. The molecular weight excluding hydrogens is 454 g/mol. The third kappa shape index (κ3) is 7.55. The number of nitrogens with one attached hydrogen (secondary N) is 1. The molecule has 0 saturated heterocycles. The Morgan fingerprint density at radius 3 is 2.88 bits per heavy atom. The summed E-state index contributed by atoms with van der Waals surface area (Å²) >= 11 is 1.64. The topological polar surface area (TPSA) is 49.8 Å². The van der Waals surface area contributed by atoms with Crippen molar-refractivity contribution in [1.82, 2.24) is 15.2 Å². The summed E-state index contributed by atoms with van der Waals surface area (Å²) in [5.41, 5.74) is 1.03. The van der Waals surface area contributed by atoms with Crippen molar-refractivity contribution in [3.8, 4) is 5.75 Å². The van der Waals surface area contributed by atoms with Crippen LogP contribution in [0, 0.1) is 12.7 Å². The molecule has 0 bridgehead atoms. The van der Waals surface area contributed by atoms with Crippen LogP contribution in [0.1, 0.15) is 17.6 Å². The fraction of sp³-hybridized carbons (Fsp3) is 0.412. The molecule has 2 rings (SSSR count). The number of halogens is 2. The van der Waals surface area contributed by atoms with E-state index in [0.717, 1.165) is 23.2 Å². The predicted molar refractivity (Wildman–Crippen MR) is 112 cm³/mol. The summed E-state index contributed by atoms with van der Waals surface area (Å²) in [5.74, 6) is 1.01. The second-order valence-corrected chi connectivity index (χ2v) is 6.32. The fourth-order valence-electron chi connectivity index (χ4n) is 2.14. The van der Waals surface area contributed by atoms with E-state index < -0.39 is 0 Å². The molecular formula is C17H24FIN4OS. The van der Waals surface area contributed by atoms with Gasteiger partial charge in [0.1, 0.15) is 18.2 Å². The monoisotopic (exact) mass is 478 g/mol. The second-order valence-electron chi connectivity index (χ2n) is 5.26. The molecule has 25 heavy (non-hydrogen) atoms. The van der Waals surface area contributed by atoms with Crippen molar-refractivity contribution in [2.45, 2.75) is 20.4 Å². The number of benzene rings is 1. The Kier molecular flexibility index (Phi) is 9.73. The summed E-state index contributed by atoms with van der Waals surface area (Å²) in [5, 5.41) is 6.37. The van der Waals surface area contributed by atoms with Crippen LogP contribution in [-0.4, -0.2) is 42.6 Å². The number of hydrogen-bond donors (Lipinski definition) is 1. The molecule has 0 fully saturated rings. The molecule has 1 heterocycles. The zero-order valence-corrected chi connectivity index (χ0v) is 17.8. The highest BCUT2D eigenvalue weighted by Gasteiger charge is 2.08. The Bertz CT molecular complexity index is 680. The highest BCUT2D eigenvalue weighted by Crippen LogP contribution is 2.12. The molecule has 0 radical (unpaired) electrons. The lowest BCUT2D eigenvalue weighted by Gasteiger charge is -2.21. The maximum absolute atomic E-state index is 13.1. The molecule has 5 nitrogen and oxygen atoms in total. The smallest absolute Gasteiger partial charge is 0.194 e. The Morgan fingerprint density at radius 1 is 1.44 bits per heavy atom. The zero-order chi connectivity index (χ0) is 17.4. The Balaban J connectivity index is 0.00000312. The van der Waals surface area contributed by atoms with Crippen molar-refractivity contribution in [3.63, 3.8) is 0 Å². The molecule has 0 amide bonds. The molecule has 0 unspecified atom stereocenters. The predicted octanol–water partition coefficient (Wildman–Crippen LogP) is 3.68. The Morgan fingerprint density at radius 2 is 2.24 bits per heavy atom. The third-order valence-corrected chi connectivity index (χ3v) is 4.00. The number of aryl methyl sites for hydroxylation is 1. The summed E-state index contributed by atoms with van der Waals surface area (Å²) in [6.07, 6.45) is 0. The highest BCUT2D eigenvalue weighted by molar-refractivity contribution is 14.0. The minimum Gasteiger partial charge on any atom is -0.492 e. The van der Waals surface area contributed by atoms with E-state index in [1.165, 1.54) is 12.1 Å². The molecule has 0 aliphatic rings. The van der Waals surface area contributed by atoms with Crippen LogP contribution < -0.4 is 10.1 Å². The quantitative estimate of drug-likeness (QED) is 0.286. The van der Waals surface area contributed by atoms with Gasteiger partial charge in [0.2, 0.25) is 0 Å². The number of ether oxygens (including phenoxy) is 1. The van der Waals surface area contributed by atoms with Gasteiger partial charge in [-0.05, 0) is 26.0 Å². The van der Waals surface area contributed by atoms with Crippen LogP contribution in [0.3, 0.4) is 0 Å². The first-order chi connectivity index (χ1) is 11.6. The van der Waals surface area contributed by atoms with E-state index in [9.17, 15) is 4.39 Å². The fourth-order valence-corrected chi connectivity index (χ4v) is 2.74. The van der Waals surface area contributed by atoms with E-state index in [4.69, 9.17) is 4.74 Å². The van der Waals surface area contributed by atoms with Crippen LogP contribution in [0.25, 0.3) is 0 Å². The first kappa shape index (κ1) is 21.6. The largest absolute Gasteiger partial charge is 0.492 e. The molecule has 1 aromatic heterocycles. The molecule has 0 aliphatic carbocycles. The summed E-state index contributed by atoms with van der Waals surface area (Å²) in [4.78, 5) is 11.0. The second kappa shape index (κ2) is 11.2. The van der Waals surface area contributed by atoms with Crippen molar-refractivity contribution in [1.29, 1.82) is 0 Å². The number of thiazole rings is 1. The average molecular weight is 478 g/mol. The van der Waals surface area contributed by atoms with Gasteiger partial charge in [-0.25, -0.2) is 14.4 Å². The van der Waals surface area contributed by atoms with Gasteiger partial charge in [-0.3, -0.25) is 0 Å². The van der Waals surface area contributed by atoms with E-state index in [1.807, 2.05) is 25.8 Å². The number of aromatic nitrogens is 1. The summed E-state index contributed by atoms with van der Waals surface area (Å²) in [7, 11) is 1.98. The summed E-state index contributed by atoms with van der Waals surface area (Å²) in [6.45, 7) is 6.38. The number of rotatable bonds is 7. The lowest BCUT2D eigenvalue weighted by molar-refractivity contribution is 0.325. The Labute approximate surface area is 169 Å². The maximum atomic E-state index is 13.1. The molecule has 2 aromatic rings. The molecule has 138 valence electrons. The van der Waals surface area contributed by atoms with Crippen LogP contribution in [-0.2, 0) is 6.54 Å². The van der Waals surface area contributed by atoms with E-state index >= 15 is 0 Å². The lowest BCUT2D eigenvalue weighted by atomic mass is 10.3. The van der Waals surface area contributed by atoms with Crippen molar-refractivity contribution in [3.05, 3.63) is 46.2 Å². The summed E-state index contributed by atoms with van der Waals surface area (Å²) in [6, 6.07) is 6.12. The van der Waals surface area contributed by atoms with Gasteiger partial charge in [-0.1, -0.05) is 6.07 Å². The van der Waals surface area contributed by atoms with Crippen molar-refractivity contribution in [2.24, 2.45) is 4.99 Å². The van der Waals surface area contributed by atoms with E-state index in [-0.39, 0.29) is 29.8 Å². The molecule has 0 saturated carbocycles. The van der Waals surface area contributed by atoms with E-state index in [1.54, 1.807) is 23.5 Å². The molecule has 0 atom stereocenters. The number of aliphatic imine (C=N–C) groups is 1. The van der Waals surface area contributed by atoms with Gasteiger partial charge in [-0.15, -0.1) is 35.3 Å². The average Bonchev–Trinajstić information content (AvgIpc) is 2.95. The number of guanidine groups is 1. The summed E-state index contributed by atoms with van der Waals surface area (Å²) < 4.78 is 18.6. The van der Waals surface area contributed by atoms with Gasteiger partial charge < -0.3 is 15.0 Å². The first-order valence-electron chi connectivity index (χ1n) is 7.87. The van der Waals surface area contributed by atoms with Crippen molar-refractivity contribution >= 4 is 41.3 Å². The van der Waals surface area contributed by atoms with Gasteiger partial charge in [0.15, 0.2) is 5.96 Å². The normalized spacial score (nSPS) is 11.0. The van der Waals surface area contributed by atoms with Gasteiger partial charge in [0.25, 0.3) is 0 Å². The number of hydrogen-bond acceptors (Lipinski definition) is 4. The first-order valence-corrected chi connectivity index (χ1v) is 8.75. The number of nitrogens with zero attached hydrogens (tertiary/aromatic N) is 3. The van der Waals surface area contributed by atoms with E-state index in [0.29, 0.717) is 25.4 Å². The van der Waals surface area contributed by atoms with Gasteiger partial charge in [0, 0.05) is 25.0 Å². The molecule has 1 aromatic carbocycles. The third-order valence-electron chi connectivity index (χ3n) is 3.18. The van der Waals surface area contributed by atoms with Crippen LogP contribution in [0.2, 0.25) is 0 Å². The molecule has 1 N–H and O–H groups in total. The van der Waals surface area contributed by atoms with Crippen LogP contribution in [0.4, 0.5) is 4.39 Å². The Hall–Kier alpha value is -1.42. The minimum atomic E-state index is -0.303. The van der Waals surface area contributed by atoms with Crippen LogP contribution in [0.15, 0.2) is 34.6 Å². The SMILES string of the molecule is CCNC(=NCCOc1cccc(F)c1)N(C)Cc1csc(C)n1.I. The van der Waals surface area contributed by atoms with Crippen LogP contribution >= 0.6 is 35.3 Å². The molecule has 0 aliphatic heterocycles. The van der Waals surface area contributed by atoms with Crippen molar-refractivity contribution < 1.29 is 9.13 Å². The van der Waals surface area contributed by atoms with Crippen LogP contribution in [0.5, 0.6) is 5.75 Å². The zero-order valence-electron chi connectivity index (χ0n) is 14.7.